The highest BCUT2D eigenvalue weighted by molar-refractivity contribution is 6.30. The lowest BCUT2D eigenvalue weighted by atomic mass is 9.90. The Kier molecular flexibility index (Phi) is 7.03. The zero-order chi connectivity index (χ0) is 26.8. The lowest BCUT2D eigenvalue weighted by Gasteiger charge is -2.32. The molecular weight excluding hydrogens is 508 g/mol. The summed E-state index contributed by atoms with van der Waals surface area (Å²) in [5.41, 5.74) is 5.58. The van der Waals surface area contributed by atoms with E-state index in [4.69, 9.17) is 26.4 Å². The topological polar surface area (TPSA) is 59.7 Å². The fourth-order valence-electron chi connectivity index (χ4n) is 5.33. The molecule has 0 radical (unpaired) electrons. The van der Waals surface area contributed by atoms with Crippen LogP contribution >= 0.6 is 11.6 Å². The van der Waals surface area contributed by atoms with Crippen molar-refractivity contribution in [2.24, 2.45) is 5.92 Å². The van der Waals surface area contributed by atoms with E-state index in [-0.39, 0.29) is 5.91 Å². The number of carbonyl (C=O) groups excluding carboxylic acids is 1. The number of piperidine rings is 1. The van der Waals surface area contributed by atoms with E-state index in [0.717, 1.165) is 49.2 Å². The van der Waals surface area contributed by atoms with E-state index in [1.807, 2.05) is 71.6 Å². The standard InChI is InChI=1S/C32H29ClN4O2/c1-39-30-10-6-5-9-26(30)28-20-29(37-31(34-28)21-27(35-37)24-11-13-25(33)14-12-24)32(38)36-17-15-23(16-18-36)19-22-7-3-2-4-8-22/h2-14,20-21,23H,15-19H2,1H3. The normalized spacial score (nSPS) is 14.1. The summed E-state index contributed by atoms with van der Waals surface area (Å²) in [6, 6.07) is 29.6. The molecule has 0 saturated carbocycles. The largest absolute Gasteiger partial charge is 0.496 e. The van der Waals surface area contributed by atoms with Crippen LogP contribution in [-0.2, 0) is 6.42 Å². The lowest BCUT2D eigenvalue weighted by Crippen LogP contribution is -2.39. The summed E-state index contributed by atoms with van der Waals surface area (Å²) in [6.07, 6.45) is 3.00. The first-order chi connectivity index (χ1) is 19.1. The van der Waals surface area contributed by atoms with Gasteiger partial charge in [-0.25, -0.2) is 9.50 Å². The van der Waals surface area contributed by atoms with Crippen molar-refractivity contribution >= 4 is 23.2 Å². The van der Waals surface area contributed by atoms with Crippen molar-refractivity contribution in [1.29, 1.82) is 0 Å². The highest BCUT2D eigenvalue weighted by Gasteiger charge is 2.27. The van der Waals surface area contributed by atoms with Crippen LogP contribution in [0.3, 0.4) is 0 Å². The van der Waals surface area contributed by atoms with Crippen LogP contribution < -0.4 is 4.74 Å². The number of methoxy groups -OCH3 is 1. The number of hydrogen-bond donors (Lipinski definition) is 0. The molecule has 0 atom stereocenters. The van der Waals surface area contributed by atoms with E-state index in [0.29, 0.717) is 33.7 Å². The van der Waals surface area contributed by atoms with Crippen LogP contribution in [0.4, 0.5) is 0 Å². The molecule has 1 saturated heterocycles. The average Bonchev–Trinajstić information content (AvgIpc) is 3.42. The Labute approximate surface area is 232 Å². The van der Waals surface area contributed by atoms with Gasteiger partial charge >= 0.3 is 0 Å². The fourth-order valence-corrected chi connectivity index (χ4v) is 5.46. The molecule has 0 unspecified atom stereocenters. The molecule has 0 bridgehead atoms. The van der Waals surface area contributed by atoms with Gasteiger partial charge in [0.1, 0.15) is 11.4 Å². The monoisotopic (exact) mass is 536 g/mol. The molecule has 3 aromatic carbocycles. The summed E-state index contributed by atoms with van der Waals surface area (Å²) in [6.45, 7) is 1.44. The molecule has 0 aliphatic carbocycles. The maximum Gasteiger partial charge on any atom is 0.272 e. The summed E-state index contributed by atoms with van der Waals surface area (Å²) >= 11 is 6.10. The Bertz CT molecular complexity index is 1610. The molecule has 3 heterocycles. The van der Waals surface area contributed by atoms with Crippen LogP contribution in [0.5, 0.6) is 5.75 Å². The number of benzene rings is 3. The molecule has 7 heteroatoms. The first-order valence-corrected chi connectivity index (χ1v) is 13.6. The zero-order valence-electron chi connectivity index (χ0n) is 21.8. The van der Waals surface area contributed by atoms with Crippen molar-refractivity contribution in [3.05, 3.63) is 107 Å². The van der Waals surface area contributed by atoms with Crippen LogP contribution in [0, 0.1) is 5.92 Å². The van der Waals surface area contributed by atoms with E-state index in [9.17, 15) is 4.79 Å². The minimum atomic E-state index is -0.0394. The predicted molar refractivity (Wildman–Crippen MR) is 154 cm³/mol. The van der Waals surface area contributed by atoms with Gasteiger partial charge in [0, 0.05) is 35.3 Å². The molecule has 1 aliphatic heterocycles. The number of rotatable bonds is 6. The maximum atomic E-state index is 14.0. The van der Waals surface area contributed by atoms with Gasteiger partial charge in [0.2, 0.25) is 0 Å². The molecule has 6 nitrogen and oxygen atoms in total. The first-order valence-electron chi connectivity index (χ1n) is 13.2. The van der Waals surface area contributed by atoms with E-state index in [1.165, 1.54) is 5.56 Å². The van der Waals surface area contributed by atoms with Crippen molar-refractivity contribution in [1.82, 2.24) is 19.5 Å². The van der Waals surface area contributed by atoms with Gasteiger partial charge in [-0.15, -0.1) is 0 Å². The fraction of sp³-hybridized carbons (Fsp3) is 0.219. The number of carbonyl (C=O) groups is 1. The Morgan fingerprint density at radius 3 is 2.38 bits per heavy atom. The number of nitrogens with zero attached hydrogens (tertiary/aromatic N) is 4. The third kappa shape index (κ3) is 5.25. The Hall–Kier alpha value is -4.16. The second-order valence-corrected chi connectivity index (χ2v) is 10.4. The Balaban J connectivity index is 1.35. The number of para-hydroxylation sites is 1. The number of amides is 1. The number of aromatic nitrogens is 3. The van der Waals surface area contributed by atoms with Gasteiger partial charge in [-0.2, -0.15) is 5.10 Å². The smallest absolute Gasteiger partial charge is 0.272 e. The Morgan fingerprint density at radius 2 is 1.64 bits per heavy atom. The molecule has 5 aromatic rings. The molecular formula is C32H29ClN4O2. The van der Waals surface area contributed by atoms with E-state index in [2.05, 4.69) is 24.3 Å². The van der Waals surface area contributed by atoms with Crippen molar-refractivity contribution in [2.75, 3.05) is 20.2 Å². The second kappa shape index (κ2) is 10.9. The van der Waals surface area contributed by atoms with Gasteiger partial charge in [-0.05, 0) is 61.1 Å². The van der Waals surface area contributed by atoms with Crippen LogP contribution in [-0.4, -0.2) is 45.6 Å². The minimum Gasteiger partial charge on any atom is -0.496 e. The van der Waals surface area contributed by atoms with Gasteiger partial charge in [-0.1, -0.05) is 66.2 Å². The van der Waals surface area contributed by atoms with Crippen LogP contribution in [0.25, 0.3) is 28.2 Å². The second-order valence-electron chi connectivity index (χ2n) is 9.96. The van der Waals surface area contributed by atoms with Crippen LogP contribution in [0.15, 0.2) is 91.0 Å². The van der Waals surface area contributed by atoms with Crippen LogP contribution in [0.2, 0.25) is 5.02 Å². The number of likely N-dealkylation sites (tertiary alicyclic amines) is 1. The van der Waals surface area contributed by atoms with E-state index in [1.54, 1.807) is 11.6 Å². The quantitative estimate of drug-likeness (QED) is 0.239. The van der Waals surface area contributed by atoms with E-state index >= 15 is 0 Å². The number of ether oxygens (including phenoxy) is 1. The summed E-state index contributed by atoms with van der Waals surface area (Å²) in [5, 5.41) is 5.47. The molecule has 0 spiro atoms. The molecule has 39 heavy (non-hydrogen) atoms. The number of halogens is 1. The van der Waals surface area contributed by atoms with Gasteiger partial charge < -0.3 is 9.64 Å². The van der Waals surface area contributed by atoms with Gasteiger partial charge in [0.25, 0.3) is 5.91 Å². The molecule has 2 aromatic heterocycles. The molecule has 1 fully saturated rings. The summed E-state index contributed by atoms with van der Waals surface area (Å²) in [4.78, 5) is 20.8. The summed E-state index contributed by atoms with van der Waals surface area (Å²) < 4.78 is 7.27. The zero-order valence-corrected chi connectivity index (χ0v) is 22.5. The molecule has 1 amide bonds. The molecule has 1 aliphatic rings. The van der Waals surface area contributed by atoms with Gasteiger partial charge in [0.15, 0.2) is 5.65 Å². The molecule has 196 valence electrons. The number of hydrogen-bond acceptors (Lipinski definition) is 4. The van der Waals surface area contributed by atoms with Gasteiger partial charge in [0.05, 0.1) is 18.5 Å². The van der Waals surface area contributed by atoms with Crippen molar-refractivity contribution < 1.29 is 9.53 Å². The maximum absolute atomic E-state index is 14.0. The summed E-state index contributed by atoms with van der Waals surface area (Å²) in [7, 11) is 1.64. The highest BCUT2D eigenvalue weighted by Crippen LogP contribution is 2.31. The van der Waals surface area contributed by atoms with Crippen molar-refractivity contribution in [3.8, 4) is 28.3 Å². The SMILES string of the molecule is COc1ccccc1-c1cc(C(=O)N2CCC(Cc3ccccc3)CC2)n2nc(-c3ccc(Cl)cc3)cc2n1. The third-order valence-corrected chi connectivity index (χ3v) is 7.69. The molecule has 0 N–H and O–H groups in total. The lowest BCUT2D eigenvalue weighted by molar-refractivity contribution is 0.0681. The number of fused-ring (bicyclic) bond motifs is 1. The van der Waals surface area contributed by atoms with Gasteiger partial charge in [-0.3, -0.25) is 4.79 Å². The average molecular weight is 537 g/mol. The predicted octanol–water partition coefficient (Wildman–Crippen LogP) is 6.82. The van der Waals surface area contributed by atoms with Crippen molar-refractivity contribution in [3.63, 3.8) is 0 Å². The third-order valence-electron chi connectivity index (χ3n) is 7.44. The first kappa shape index (κ1) is 25.1. The highest BCUT2D eigenvalue weighted by atomic mass is 35.5. The van der Waals surface area contributed by atoms with Crippen molar-refractivity contribution in [2.45, 2.75) is 19.3 Å². The van der Waals surface area contributed by atoms with Crippen LogP contribution in [0.1, 0.15) is 28.9 Å². The molecule has 6 rings (SSSR count). The van der Waals surface area contributed by atoms with E-state index < -0.39 is 0 Å². The minimum absolute atomic E-state index is 0.0394. The Morgan fingerprint density at radius 1 is 0.923 bits per heavy atom. The summed E-state index contributed by atoms with van der Waals surface area (Å²) in [5.74, 6) is 1.23.